The van der Waals surface area contributed by atoms with Crippen LogP contribution in [0.3, 0.4) is 0 Å². The first kappa shape index (κ1) is 17.9. The zero-order valence-corrected chi connectivity index (χ0v) is 16.1. The van der Waals surface area contributed by atoms with Gasteiger partial charge in [0.25, 0.3) is 0 Å². The molecule has 0 unspecified atom stereocenters. The lowest BCUT2D eigenvalue weighted by Gasteiger charge is -2.07. The molecule has 6 nitrogen and oxygen atoms in total. The Kier molecular flexibility index (Phi) is 4.87. The summed E-state index contributed by atoms with van der Waals surface area (Å²) in [5.41, 5.74) is 3.00. The lowest BCUT2D eigenvalue weighted by Crippen LogP contribution is -1.92. The molecular formula is C21H16N2O4S. The minimum Gasteiger partial charge on any atom is -0.493 e. The topological polar surface area (TPSA) is 73.6 Å². The highest BCUT2D eigenvalue weighted by molar-refractivity contribution is 7.11. The van der Waals surface area contributed by atoms with Gasteiger partial charge >= 0.3 is 0 Å². The maximum Gasteiger partial charge on any atom is 0.231 e. The molecule has 4 rings (SSSR count). The van der Waals surface area contributed by atoms with Crippen molar-refractivity contribution in [1.82, 2.24) is 4.98 Å². The summed E-state index contributed by atoms with van der Waals surface area (Å²) in [5.74, 6) is 2.67. The van der Waals surface area contributed by atoms with Crippen LogP contribution in [0.4, 0.5) is 0 Å². The van der Waals surface area contributed by atoms with Crippen molar-refractivity contribution >= 4 is 23.0 Å². The second-order valence-corrected chi connectivity index (χ2v) is 6.75. The summed E-state index contributed by atoms with van der Waals surface area (Å²) >= 11 is 1.42. The van der Waals surface area contributed by atoms with Gasteiger partial charge in [-0.3, -0.25) is 0 Å². The molecule has 0 N–H and O–H groups in total. The average molecular weight is 392 g/mol. The van der Waals surface area contributed by atoms with Crippen molar-refractivity contribution in [2.75, 3.05) is 21.0 Å². The number of nitriles is 1. The minimum atomic E-state index is 0.230. The lowest BCUT2D eigenvalue weighted by atomic mass is 10.1. The molecule has 0 saturated heterocycles. The third kappa shape index (κ3) is 3.38. The van der Waals surface area contributed by atoms with E-state index in [-0.39, 0.29) is 6.79 Å². The Hall–Kier alpha value is -3.50. The number of fused-ring (bicyclic) bond motifs is 1. The first-order valence-corrected chi connectivity index (χ1v) is 9.29. The van der Waals surface area contributed by atoms with E-state index in [0.717, 1.165) is 22.6 Å². The van der Waals surface area contributed by atoms with E-state index in [0.29, 0.717) is 27.8 Å². The molecular weight excluding hydrogens is 376 g/mol. The smallest absolute Gasteiger partial charge is 0.231 e. The standard InChI is InChI=1S/C21H16N2O4S/c1-24-17-5-3-13(8-19(17)25-2)7-15(10-22)21-23-16(11-28-21)14-4-6-18-20(9-14)27-12-26-18/h3-9,11H,12H2,1-2H3/b15-7-. The molecule has 0 amide bonds. The minimum absolute atomic E-state index is 0.230. The van der Waals surface area contributed by atoms with Crippen LogP contribution in [-0.4, -0.2) is 26.0 Å². The second kappa shape index (κ2) is 7.62. The number of methoxy groups -OCH3 is 2. The van der Waals surface area contributed by atoms with Gasteiger partial charge in [0.05, 0.1) is 25.5 Å². The monoisotopic (exact) mass is 392 g/mol. The van der Waals surface area contributed by atoms with E-state index in [1.807, 2.05) is 35.7 Å². The van der Waals surface area contributed by atoms with E-state index >= 15 is 0 Å². The van der Waals surface area contributed by atoms with Crippen molar-refractivity contribution in [3.8, 4) is 40.3 Å². The van der Waals surface area contributed by atoms with E-state index in [9.17, 15) is 5.26 Å². The largest absolute Gasteiger partial charge is 0.493 e. The number of allylic oxidation sites excluding steroid dienone is 1. The number of nitrogens with zero attached hydrogens (tertiary/aromatic N) is 2. The molecule has 1 aliphatic rings. The van der Waals surface area contributed by atoms with Gasteiger partial charge in [0.1, 0.15) is 11.1 Å². The third-order valence-corrected chi connectivity index (χ3v) is 5.12. The van der Waals surface area contributed by atoms with Crippen LogP contribution in [0.15, 0.2) is 41.8 Å². The van der Waals surface area contributed by atoms with Gasteiger partial charge in [0.15, 0.2) is 23.0 Å². The van der Waals surface area contributed by atoms with Crippen molar-refractivity contribution in [1.29, 1.82) is 5.26 Å². The van der Waals surface area contributed by atoms with Crippen molar-refractivity contribution in [3.63, 3.8) is 0 Å². The van der Waals surface area contributed by atoms with Gasteiger partial charge in [0, 0.05) is 10.9 Å². The first-order valence-electron chi connectivity index (χ1n) is 8.41. The summed E-state index contributed by atoms with van der Waals surface area (Å²) in [6.45, 7) is 0.230. The van der Waals surface area contributed by atoms with E-state index in [2.05, 4.69) is 11.1 Å². The fourth-order valence-corrected chi connectivity index (χ4v) is 3.63. The van der Waals surface area contributed by atoms with E-state index in [1.165, 1.54) is 11.3 Å². The molecule has 140 valence electrons. The summed E-state index contributed by atoms with van der Waals surface area (Å²) in [4.78, 5) is 4.63. The Labute approximate surface area is 166 Å². The number of thiazole rings is 1. The Morgan fingerprint density at radius 1 is 1.11 bits per heavy atom. The fourth-order valence-electron chi connectivity index (χ4n) is 2.84. The highest BCUT2D eigenvalue weighted by atomic mass is 32.1. The molecule has 1 aliphatic heterocycles. The van der Waals surface area contributed by atoms with Crippen molar-refractivity contribution in [2.45, 2.75) is 0 Å². The number of hydrogen-bond donors (Lipinski definition) is 0. The first-order chi connectivity index (χ1) is 13.7. The summed E-state index contributed by atoms with van der Waals surface area (Å²) in [5, 5.41) is 12.2. The molecule has 2 heterocycles. The Morgan fingerprint density at radius 3 is 2.71 bits per heavy atom. The van der Waals surface area contributed by atoms with Gasteiger partial charge < -0.3 is 18.9 Å². The zero-order chi connectivity index (χ0) is 19.5. The van der Waals surface area contributed by atoms with Crippen LogP contribution in [0.25, 0.3) is 22.9 Å². The van der Waals surface area contributed by atoms with Gasteiger partial charge in [0.2, 0.25) is 6.79 Å². The molecule has 7 heteroatoms. The van der Waals surface area contributed by atoms with Gasteiger partial charge in [-0.05, 0) is 42.0 Å². The van der Waals surface area contributed by atoms with Crippen LogP contribution < -0.4 is 18.9 Å². The number of benzene rings is 2. The molecule has 28 heavy (non-hydrogen) atoms. The van der Waals surface area contributed by atoms with Crippen LogP contribution in [0.5, 0.6) is 23.0 Å². The predicted octanol–water partition coefficient (Wildman–Crippen LogP) is 4.62. The van der Waals surface area contributed by atoms with Gasteiger partial charge in [-0.25, -0.2) is 4.98 Å². The molecule has 0 atom stereocenters. The van der Waals surface area contributed by atoms with Crippen molar-refractivity contribution in [3.05, 3.63) is 52.3 Å². The highest BCUT2D eigenvalue weighted by Gasteiger charge is 2.16. The molecule has 0 aliphatic carbocycles. The number of rotatable bonds is 5. The van der Waals surface area contributed by atoms with Crippen LogP contribution in [-0.2, 0) is 0 Å². The number of ether oxygens (including phenoxy) is 4. The molecule has 0 saturated carbocycles. The van der Waals surface area contributed by atoms with Gasteiger partial charge in [-0.1, -0.05) is 6.07 Å². The molecule has 0 spiro atoms. The van der Waals surface area contributed by atoms with E-state index in [4.69, 9.17) is 18.9 Å². The van der Waals surface area contributed by atoms with Crippen LogP contribution in [0.2, 0.25) is 0 Å². The number of hydrogen-bond acceptors (Lipinski definition) is 7. The Balaban J connectivity index is 1.65. The Bertz CT molecular complexity index is 1100. The molecule has 1 aromatic heterocycles. The summed E-state index contributed by atoms with van der Waals surface area (Å²) in [6, 6.07) is 13.4. The predicted molar refractivity (Wildman–Crippen MR) is 107 cm³/mol. The van der Waals surface area contributed by atoms with E-state index < -0.39 is 0 Å². The molecule has 2 aromatic carbocycles. The van der Waals surface area contributed by atoms with Gasteiger partial charge in [-0.2, -0.15) is 5.26 Å². The molecule has 3 aromatic rings. The number of aromatic nitrogens is 1. The maximum absolute atomic E-state index is 9.63. The summed E-state index contributed by atoms with van der Waals surface area (Å²) in [6.07, 6.45) is 1.78. The van der Waals surface area contributed by atoms with Crippen LogP contribution in [0, 0.1) is 11.3 Å². The highest BCUT2D eigenvalue weighted by Crippen LogP contribution is 2.37. The Morgan fingerprint density at radius 2 is 1.93 bits per heavy atom. The fraction of sp³-hybridized carbons (Fsp3) is 0.143. The third-order valence-electron chi connectivity index (χ3n) is 4.24. The van der Waals surface area contributed by atoms with E-state index in [1.54, 1.807) is 26.4 Å². The molecule has 0 fully saturated rings. The van der Waals surface area contributed by atoms with Crippen molar-refractivity contribution in [2.24, 2.45) is 0 Å². The maximum atomic E-state index is 9.63. The normalized spacial score (nSPS) is 12.5. The quantitative estimate of drug-likeness (QED) is 0.590. The van der Waals surface area contributed by atoms with Gasteiger partial charge in [-0.15, -0.1) is 11.3 Å². The van der Waals surface area contributed by atoms with Crippen LogP contribution >= 0.6 is 11.3 Å². The summed E-state index contributed by atoms with van der Waals surface area (Å²) in [7, 11) is 3.16. The summed E-state index contributed by atoms with van der Waals surface area (Å²) < 4.78 is 21.3. The average Bonchev–Trinajstić information content (AvgIpc) is 3.40. The molecule has 0 bridgehead atoms. The zero-order valence-electron chi connectivity index (χ0n) is 15.3. The lowest BCUT2D eigenvalue weighted by molar-refractivity contribution is 0.174. The van der Waals surface area contributed by atoms with Crippen LogP contribution in [0.1, 0.15) is 10.6 Å². The SMILES string of the molecule is COc1ccc(/C=C(/C#N)c2nc(-c3ccc4c(c3)OCO4)cs2)cc1OC. The molecule has 0 radical (unpaired) electrons. The van der Waals surface area contributed by atoms with Crippen molar-refractivity contribution < 1.29 is 18.9 Å². The second-order valence-electron chi connectivity index (χ2n) is 5.89.